The van der Waals surface area contributed by atoms with Crippen LogP contribution in [0.15, 0.2) is 28.7 Å². The summed E-state index contributed by atoms with van der Waals surface area (Å²) in [7, 11) is 0. The molecule has 0 heterocycles. The van der Waals surface area contributed by atoms with Crippen molar-refractivity contribution in [2.24, 2.45) is 0 Å². The molecule has 16 heavy (non-hydrogen) atoms. The lowest BCUT2D eigenvalue weighted by Crippen LogP contribution is -2.30. The molecule has 1 fully saturated rings. The third kappa shape index (κ3) is 3.20. The zero-order valence-corrected chi connectivity index (χ0v) is 13.0. The quantitative estimate of drug-likeness (QED) is 0.530. The van der Waals surface area contributed by atoms with E-state index >= 15 is 0 Å². The van der Waals surface area contributed by atoms with E-state index in [0.717, 1.165) is 15.5 Å². The first kappa shape index (κ1) is 12.8. The summed E-state index contributed by atoms with van der Waals surface area (Å²) in [5, 5.41) is 0. The standard InChI is InChI=1S/C13H16BrIO/c14-12-5-3-11(4-6-12)9-16-13(10-15)7-1-2-8-13/h3-6H,1-2,7-10H2. The first-order valence-corrected chi connectivity index (χ1v) is 8.00. The lowest BCUT2D eigenvalue weighted by atomic mass is 10.1. The second-order valence-corrected chi connectivity index (χ2v) is 6.12. The Morgan fingerprint density at radius 3 is 2.38 bits per heavy atom. The number of halogens is 2. The topological polar surface area (TPSA) is 9.23 Å². The van der Waals surface area contributed by atoms with Gasteiger partial charge in [0, 0.05) is 8.90 Å². The lowest BCUT2D eigenvalue weighted by Gasteiger charge is -2.27. The minimum absolute atomic E-state index is 0.160. The van der Waals surface area contributed by atoms with Gasteiger partial charge in [-0.15, -0.1) is 0 Å². The predicted octanol–water partition coefficient (Wildman–Crippen LogP) is 4.71. The van der Waals surface area contributed by atoms with Gasteiger partial charge < -0.3 is 4.74 Å². The maximum Gasteiger partial charge on any atom is 0.0776 e. The molecule has 0 saturated heterocycles. The minimum atomic E-state index is 0.160. The van der Waals surface area contributed by atoms with Crippen molar-refractivity contribution in [1.82, 2.24) is 0 Å². The highest BCUT2D eigenvalue weighted by Crippen LogP contribution is 2.35. The second-order valence-electron chi connectivity index (χ2n) is 4.44. The van der Waals surface area contributed by atoms with Gasteiger partial charge in [0.1, 0.15) is 0 Å². The fourth-order valence-electron chi connectivity index (χ4n) is 2.15. The Kier molecular flexibility index (Phi) is 4.67. The maximum absolute atomic E-state index is 6.14. The van der Waals surface area contributed by atoms with Crippen molar-refractivity contribution in [2.45, 2.75) is 37.9 Å². The lowest BCUT2D eigenvalue weighted by molar-refractivity contribution is -0.0317. The molecule has 1 aromatic carbocycles. The Hall–Kier alpha value is 0.390. The summed E-state index contributed by atoms with van der Waals surface area (Å²) in [5.41, 5.74) is 1.42. The van der Waals surface area contributed by atoms with Crippen molar-refractivity contribution in [2.75, 3.05) is 4.43 Å². The molecule has 0 unspecified atom stereocenters. The molecular formula is C13H16BrIO. The Labute approximate surface area is 119 Å². The fraction of sp³-hybridized carbons (Fsp3) is 0.538. The van der Waals surface area contributed by atoms with Crippen molar-refractivity contribution in [1.29, 1.82) is 0 Å². The molecule has 0 spiro atoms. The molecule has 0 aromatic heterocycles. The molecule has 0 bridgehead atoms. The zero-order chi connectivity index (χ0) is 11.4. The van der Waals surface area contributed by atoms with Gasteiger partial charge in [0.2, 0.25) is 0 Å². The van der Waals surface area contributed by atoms with Crippen LogP contribution in [0.4, 0.5) is 0 Å². The van der Waals surface area contributed by atoms with Crippen LogP contribution in [-0.2, 0) is 11.3 Å². The molecular weight excluding hydrogens is 379 g/mol. The summed E-state index contributed by atoms with van der Waals surface area (Å²) in [5.74, 6) is 0. The normalized spacial score (nSPS) is 18.9. The maximum atomic E-state index is 6.14. The molecule has 0 radical (unpaired) electrons. The molecule has 1 nitrogen and oxygen atoms in total. The first-order valence-electron chi connectivity index (χ1n) is 5.68. The van der Waals surface area contributed by atoms with Gasteiger partial charge in [-0.05, 0) is 30.5 Å². The number of hydrogen-bond acceptors (Lipinski definition) is 1. The number of rotatable bonds is 4. The van der Waals surface area contributed by atoms with Gasteiger partial charge in [-0.2, -0.15) is 0 Å². The average Bonchev–Trinajstić information content (AvgIpc) is 2.78. The van der Waals surface area contributed by atoms with Crippen LogP contribution in [0.2, 0.25) is 0 Å². The van der Waals surface area contributed by atoms with Crippen LogP contribution in [0.25, 0.3) is 0 Å². The molecule has 0 aliphatic heterocycles. The Morgan fingerprint density at radius 2 is 1.81 bits per heavy atom. The molecule has 0 amide bonds. The van der Waals surface area contributed by atoms with E-state index in [1.54, 1.807) is 0 Å². The summed E-state index contributed by atoms with van der Waals surface area (Å²) < 4.78 is 8.38. The van der Waals surface area contributed by atoms with E-state index in [2.05, 4.69) is 62.8 Å². The van der Waals surface area contributed by atoms with Gasteiger partial charge >= 0.3 is 0 Å². The Bertz CT molecular complexity index is 330. The van der Waals surface area contributed by atoms with E-state index < -0.39 is 0 Å². The summed E-state index contributed by atoms with van der Waals surface area (Å²) in [6.45, 7) is 0.746. The van der Waals surface area contributed by atoms with Crippen LogP contribution in [-0.4, -0.2) is 10.0 Å². The molecule has 3 heteroatoms. The first-order chi connectivity index (χ1) is 7.74. The number of benzene rings is 1. The number of hydrogen-bond donors (Lipinski definition) is 0. The number of ether oxygens (including phenoxy) is 1. The van der Waals surface area contributed by atoms with Crippen molar-refractivity contribution in [3.8, 4) is 0 Å². The van der Waals surface area contributed by atoms with E-state index in [1.165, 1.54) is 31.2 Å². The molecule has 0 N–H and O–H groups in total. The van der Waals surface area contributed by atoms with E-state index in [0.29, 0.717) is 0 Å². The molecule has 0 atom stereocenters. The van der Waals surface area contributed by atoms with Crippen molar-refractivity contribution in [3.05, 3.63) is 34.3 Å². The minimum Gasteiger partial charge on any atom is -0.370 e. The van der Waals surface area contributed by atoms with Gasteiger partial charge in [0.05, 0.1) is 12.2 Å². The SMILES string of the molecule is Brc1ccc(COC2(CI)CCCC2)cc1. The van der Waals surface area contributed by atoms with Crippen LogP contribution < -0.4 is 0 Å². The molecule has 1 saturated carbocycles. The van der Waals surface area contributed by atoms with Gasteiger partial charge in [0.25, 0.3) is 0 Å². The van der Waals surface area contributed by atoms with E-state index in [4.69, 9.17) is 4.74 Å². The van der Waals surface area contributed by atoms with E-state index in [9.17, 15) is 0 Å². The van der Waals surface area contributed by atoms with Crippen LogP contribution in [0, 0.1) is 0 Å². The van der Waals surface area contributed by atoms with Crippen LogP contribution in [0.1, 0.15) is 31.2 Å². The molecule has 1 aliphatic carbocycles. The summed E-state index contributed by atoms with van der Waals surface area (Å²) in [6.07, 6.45) is 5.10. The molecule has 88 valence electrons. The highest BCUT2D eigenvalue weighted by molar-refractivity contribution is 14.1. The van der Waals surface area contributed by atoms with Crippen LogP contribution in [0.5, 0.6) is 0 Å². The summed E-state index contributed by atoms with van der Waals surface area (Å²) in [6, 6.07) is 8.40. The van der Waals surface area contributed by atoms with Crippen LogP contribution in [0.3, 0.4) is 0 Å². The van der Waals surface area contributed by atoms with Gasteiger partial charge in [0.15, 0.2) is 0 Å². The zero-order valence-electron chi connectivity index (χ0n) is 9.22. The smallest absolute Gasteiger partial charge is 0.0776 e. The van der Waals surface area contributed by atoms with Crippen LogP contribution >= 0.6 is 38.5 Å². The Balaban J connectivity index is 1.93. The largest absolute Gasteiger partial charge is 0.370 e. The van der Waals surface area contributed by atoms with E-state index in [1.807, 2.05) is 0 Å². The highest BCUT2D eigenvalue weighted by Gasteiger charge is 2.33. The Morgan fingerprint density at radius 1 is 1.19 bits per heavy atom. The predicted molar refractivity (Wildman–Crippen MR) is 79.0 cm³/mol. The summed E-state index contributed by atoms with van der Waals surface area (Å²) >= 11 is 5.90. The molecule has 1 aromatic rings. The van der Waals surface area contributed by atoms with Gasteiger partial charge in [-0.3, -0.25) is 0 Å². The number of alkyl halides is 1. The second kappa shape index (κ2) is 5.83. The third-order valence-electron chi connectivity index (χ3n) is 3.22. The average molecular weight is 395 g/mol. The monoisotopic (exact) mass is 394 g/mol. The van der Waals surface area contributed by atoms with Gasteiger partial charge in [-0.25, -0.2) is 0 Å². The van der Waals surface area contributed by atoms with E-state index in [-0.39, 0.29) is 5.60 Å². The van der Waals surface area contributed by atoms with Gasteiger partial charge in [-0.1, -0.05) is 63.5 Å². The fourth-order valence-corrected chi connectivity index (χ4v) is 3.40. The molecule has 2 rings (SSSR count). The molecule has 1 aliphatic rings. The summed E-state index contributed by atoms with van der Waals surface area (Å²) in [4.78, 5) is 0. The van der Waals surface area contributed by atoms with Crippen molar-refractivity contribution < 1.29 is 4.74 Å². The highest BCUT2D eigenvalue weighted by atomic mass is 127. The van der Waals surface area contributed by atoms with Crippen molar-refractivity contribution in [3.63, 3.8) is 0 Å². The van der Waals surface area contributed by atoms with Crippen molar-refractivity contribution >= 4 is 38.5 Å². The third-order valence-corrected chi connectivity index (χ3v) is 5.14.